The number of nitrogens with two attached hydrogens (primary N) is 1. The Bertz CT molecular complexity index is 608. The van der Waals surface area contributed by atoms with Crippen LogP contribution in [0.25, 0.3) is 10.9 Å². The van der Waals surface area contributed by atoms with E-state index >= 15 is 0 Å². The molecule has 0 saturated heterocycles. The lowest BCUT2D eigenvalue weighted by atomic mass is 9.93. The number of aromatic nitrogens is 1. The van der Waals surface area contributed by atoms with Crippen LogP contribution in [-0.2, 0) is 0 Å². The highest BCUT2D eigenvalue weighted by molar-refractivity contribution is 5.83. The topological polar surface area (TPSA) is 50.9 Å². The van der Waals surface area contributed by atoms with Crippen LogP contribution in [0.4, 0.5) is 11.5 Å². The van der Waals surface area contributed by atoms with Crippen LogP contribution in [0.1, 0.15) is 33.1 Å². The molecule has 20 heavy (non-hydrogen) atoms. The normalized spacial score (nSPS) is 26.0. The molecule has 1 aliphatic rings. The summed E-state index contributed by atoms with van der Waals surface area (Å²) in [5.74, 6) is 2.56. The quantitative estimate of drug-likeness (QED) is 0.826. The molecule has 1 aliphatic carbocycles. The molecule has 3 N–H and O–H groups in total. The molecule has 0 amide bonds. The van der Waals surface area contributed by atoms with E-state index in [9.17, 15) is 0 Å². The van der Waals surface area contributed by atoms with Gasteiger partial charge in [0.15, 0.2) is 0 Å². The van der Waals surface area contributed by atoms with Crippen molar-refractivity contribution in [3.05, 3.63) is 30.3 Å². The van der Waals surface area contributed by atoms with E-state index in [0.29, 0.717) is 6.04 Å². The van der Waals surface area contributed by atoms with Crippen molar-refractivity contribution in [2.75, 3.05) is 11.1 Å². The van der Waals surface area contributed by atoms with Crippen molar-refractivity contribution in [3.63, 3.8) is 0 Å². The lowest BCUT2D eigenvalue weighted by Crippen LogP contribution is -2.25. The third-order valence-corrected chi connectivity index (χ3v) is 4.80. The first-order chi connectivity index (χ1) is 9.67. The first-order valence-corrected chi connectivity index (χ1v) is 7.60. The smallest absolute Gasteiger partial charge is 0.126 e. The standard InChI is InChI=1S/C17H23N3/c1-3-12-4-7-15(11(12)2)19-17-9-5-13-10-14(18)6-8-16(13)20-17/h5-6,8-12,15H,3-4,7,18H2,1-2H3,(H,19,20). The van der Waals surface area contributed by atoms with Crippen LogP contribution in [0.3, 0.4) is 0 Å². The minimum absolute atomic E-state index is 0.554. The molecule has 3 nitrogen and oxygen atoms in total. The van der Waals surface area contributed by atoms with Crippen molar-refractivity contribution in [2.45, 2.75) is 39.2 Å². The van der Waals surface area contributed by atoms with Gasteiger partial charge in [-0.25, -0.2) is 4.98 Å². The van der Waals surface area contributed by atoms with Gasteiger partial charge in [-0.05, 0) is 55.0 Å². The van der Waals surface area contributed by atoms with Gasteiger partial charge in [-0.1, -0.05) is 20.3 Å². The van der Waals surface area contributed by atoms with Gasteiger partial charge in [0, 0.05) is 17.1 Å². The molecule has 0 bridgehead atoms. The molecule has 1 aromatic heterocycles. The summed E-state index contributed by atoms with van der Waals surface area (Å²) in [5.41, 5.74) is 7.59. The molecule has 1 fully saturated rings. The molecule has 0 spiro atoms. The molecule has 2 aromatic rings. The van der Waals surface area contributed by atoms with Crippen LogP contribution in [0.5, 0.6) is 0 Å². The molecule has 0 radical (unpaired) electrons. The Labute approximate surface area is 120 Å². The van der Waals surface area contributed by atoms with Crippen LogP contribution < -0.4 is 11.1 Å². The Hall–Kier alpha value is -1.77. The lowest BCUT2D eigenvalue weighted by molar-refractivity contribution is 0.391. The number of hydrogen-bond donors (Lipinski definition) is 2. The number of fused-ring (bicyclic) bond motifs is 1. The average molecular weight is 269 g/mol. The van der Waals surface area contributed by atoms with Gasteiger partial charge in [-0.2, -0.15) is 0 Å². The minimum atomic E-state index is 0.554. The predicted octanol–water partition coefficient (Wildman–Crippen LogP) is 4.05. The van der Waals surface area contributed by atoms with Crippen molar-refractivity contribution in [1.29, 1.82) is 0 Å². The zero-order valence-electron chi connectivity index (χ0n) is 12.3. The molecule has 1 aromatic carbocycles. The monoisotopic (exact) mass is 269 g/mol. The minimum Gasteiger partial charge on any atom is -0.399 e. The number of nitrogen functional groups attached to an aromatic ring is 1. The number of nitrogens with one attached hydrogen (secondary N) is 1. The highest BCUT2D eigenvalue weighted by atomic mass is 15.0. The molecule has 3 heteroatoms. The Morgan fingerprint density at radius 3 is 2.85 bits per heavy atom. The molecular weight excluding hydrogens is 246 g/mol. The van der Waals surface area contributed by atoms with Crippen LogP contribution >= 0.6 is 0 Å². The highest BCUT2D eigenvalue weighted by Gasteiger charge is 2.31. The van der Waals surface area contributed by atoms with Crippen LogP contribution in [0.2, 0.25) is 0 Å². The van der Waals surface area contributed by atoms with Gasteiger partial charge in [0.1, 0.15) is 5.82 Å². The van der Waals surface area contributed by atoms with E-state index in [1.165, 1.54) is 19.3 Å². The Morgan fingerprint density at radius 1 is 1.25 bits per heavy atom. The van der Waals surface area contributed by atoms with Crippen LogP contribution in [-0.4, -0.2) is 11.0 Å². The Morgan fingerprint density at radius 2 is 2.10 bits per heavy atom. The first-order valence-electron chi connectivity index (χ1n) is 7.60. The van der Waals surface area contributed by atoms with Gasteiger partial charge in [-0.15, -0.1) is 0 Å². The summed E-state index contributed by atoms with van der Waals surface area (Å²) in [6, 6.07) is 10.6. The van der Waals surface area contributed by atoms with Gasteiger partial charge in [0.05, 0.1) is 5.52 Å². The molecule has 3 rings (SSSR count). The van der Waals surface area contributed by atoms with Gasteiger partial charge in [0.25, 0.3) is 0 Å². The molecule has 0 aliphatic heterocycles. The van der Waals surface area contributed by atoms with E-state index in [1.54, 1.807) is 0 Å². The van der Waals surface area contributed by atoms with Crippen molar-refractivity contribution in [2.24, 2.45) is 11.8 Å². The largest absolute Gasteiger partial charge is 0.399 e. The molecule has 3 unspecified atom stereocenters. The van der Waals surface area contributed by atoms with Crippen molar-refractivity contribution >= 4 is 22.4 Å². The molecule has 106 valence electrons. The number of rotatable bonds is 3. The SMILES string of the molecule is CCC1CCC(Nc2ccc3cc(N)ccc3n2)C1C. The summed E-state index contributed by atoms with van der Waals surface area (Å²) in [7, 11) is 0. The van der Waals surface area contributed by atoms with E-state index in [0.717, 1.165) is 34.2 Å². The molecule has 1 heterocycles. The third-order valence-electron chi connectivity index (χ3n) is 4.80. The summed E-state index contributed by atoms with van der Waals surface area (Å²) in [6.45, 7) is 4.66. The lowest BCUT2D eigenvalue weighted by Gasteiger charge is -2.21. The first kappa shape index (κ1) is 13.2. The summed E-state index contributed by atoms with van der Waals surface area (Å²) in [4.78, 5) is 4.70. The van der Waals surface area contributed by atoms with E-state index in [2.05, 4.69) is 31.3 Å². The van der Waals surface area contributed by atoms with Gasteiger partial charge < -0.3 is 11.1 Å². The second kappa shape index (κ2) is 5.31. The summed E-state index contributed by atoms with van der Waals surface area (Å²) in [5, 5.41) is 4.72. The maximum absolute atomic E-state index is 5.80. The van der Waals surface area contributed by atoms with E-state index in [-0.39, 0.29) is 0 Å². The predicted molar refractivity (Wildman–Crippen MR) is 85.7 cm³/mol. The van der Waals surface area contributed by atoms with E-state index < -0.39 is 0 Å². The Kier molecular flexibility index (Phi) is 3.51. The highest BCUT2D eigenvalue weighted by Crippen LogP contribution is 2.35. The fraction of sp³-hybridized carbons (Fsp3) is 0.471. The second-order valence-electron chi connectivity index (χ2n) is 6.00. The zero-order chi connectivity index (χ0) is 14.1. The molecule has 3 atom stereocenters. The third kappa shape index (κ3) is 2.45. The summed E-state index contributed by atoms with van der Waals surface area (Å²) >= 11 is 0. The molecule has 1 saturated carbocycles. The maximum atomic E-state index is 5.80. The second-order valence-corrected chi connectivity index (χ2v) is 6.00. The number of hydrogen-bond acceptors (Lipinski definition) is 3. The fourth-order valence-electron chi connectivity index (χ4n) is 3.44. The Balaban J connectivity index is 1.80. The van der Waals surface area contributed by atoms with Crippen LogP contribution in [0, 0.1) is 11.8 Å². The average Bonchev–Trinajstić information content (AvgIpc) is 2.80. The number of anilines is 2. The number of benzene rings is 1. The van der Waals surface area contributed by atoms with Crippen molar-refractivity contribution in [3.8, 4) is 0 Å². The summed E-state index contributed by atoms with van der Waals surface area (Å²) < 4.78 is 0. The van der Waals surface area contributed by atoms with Crippen molar-refractivity contribution in [1.82, 2.24) is 4.98 Å². The van der Waals surface area contributed by atoms with E-state index in [1.807, 2.05) is 18.2 Å². The van der Waals surface area contributed by atoms with E-state index in [4.69, 9.17) is 10.7 Å². The maximum Gasteiger partial charge on any atom is 0.126 e. The van der Waals surface area contributed by atoms with Gasteiger partial charge in [0.2, 0.25) is 0 Å². The fourth-order valence-corrected chi connectivity index (χ4v) is 3.44. The van der Waals surface area contributed by atoms with Crippen LogP contribution in [0.15, 0.2) is 30.3 Å². The number of pyridine rings is 1. The number of nitrogens with zero attached hydrogens (tertiary/aromatic N) is 1. The van der Waals surface area contributed by atoms with Gasteiger partial charge >= 0.3 is 0 Å². The molecular formula is C17H23N3. The zero-order valence-corrected chi connectivity index (χ0v) is 12.3. The van der Waals surface area contributed by atoms with Gasteiger partial charge in [-0.3, -0.25) is 0 Å². The van der Waals surface area contributed by atoms with Crippen molar-refractivity contribution < 1.29 is 0 Å². The summed E-state index contributed by atoms with van der Waals surface area (Å²) in [6.07, 6.45) is 3.87.